The molecule has 1 N–H and O–H groups in total. The lowest BCUT2D eigenvalue weighted by atomic mass is 9.88. The van der Waals surface area contributed by atoms with Crippen molar-refractivity contribution in [3.63, 3.8) is 0 Å². The number of urea groups is 1. The smallest absolute Gasteiger partial charge is 0.319 e. The van der Waals surface area contributed by atoms with E-state index >= 15 is 0 Å². The SMILES string of the molecule is Cc1ccccc1C1(C)NC(=O)N(CC(=O)c2sccc2Br)C1=O. The van der Waals surface area contributed by atoms with E-state index in [2.05, 4.69) is 21.2 Å². The van der Waals surface area contributed by atoms with Gasteiger partial charge in [0, 0.05) is 4.47 Å². The maximum atomic E-state index is 12.9. The lowest BCUT2D eigenvalue weighted by molar-refractivity contribution is -0.130. The zero-order chi connectivity index (χ0) is 17.5. The lowest BCUT2D eigenvalue weighted by Gasteiger charge is -2.24. The maximum absolute atomic E-state index is 12.9. The highest BCUT2D eigenvalue weighted by molar-refractivity contribution is 9.10. The zero-order valence-corrected chi connectivity index (χ0v) is 15.5. The molecule has 0 aliphatic carbocycles. The van der Waals surface area contributed by atoms with Crippen molar-refractivity contribution in [1.82, 2.24) is 10.2 Å². The van der Waals surface area contributed by atoms with Crippen molar-refractivity contribution in [3.05, 3.63) is 56.2 Å². The Balaban J connectivity index is 1.89. The third-order valence-electron chi connectivity index (χ3n) is 4.13. The van der Waals surface area contributed by atoms with Gasteiger partial charge in [-0.1, -0.05) is 24.3 Å². The van der Waals surface area contributed by atoms with Crippen LogP contribution >= 0.6 is 27.3 Å². The highest BCUT2D eigenvalue weighted by Crippen LogP contribution is 2.31. The summed E-state index contributed by atoms with van der Waals surface area (Å²) in [7, 11) is 0. The van der Waals surface area contributed by atoms with Gasteiger partial charge in [0.05, 0.1) is 11.4 Å². The molecule has 1 aliphatic rings. The number of rotatable bonds is 4. The number of imide groups is 1. The molecule has 124 valence electrons. The van der Waals surface area contributed by atoms with Crippen LogP contribution in [-0.2, 0) is 10.3 Å². The van der Waals surface area contributed by atoms with Crippen molar-refractivity contribution in [3.8, 4) is 0 Å². The number of carbonyl (C=O) groups excluding carboxylic acids is 3. The number of ketones is 1. The van der Waals surface area contributed by atoms with Gasteiger partial charge in [0.15, 0.2) is 5.78 Å². The molecule has 24 heavy (non-hydrogen) atoms. The minimum atomic E-state index is -1.16. The molecule has 3 rings (SSSR count). The molecule has 1 unspecified atom stereocenters. The van der Waals surface area contributed by atoms with Crippen molar-refractivity contribution in [2.24, 2.45) is 0 Å². The van der Waals surface area contributed by atoms with Gasteiger partial charge >= 0.3 is 6.03 Å². The first-order chi connectivity index (χ1) is 11.3. The fraction of sp³-hybridized carbons (Fsp3) is 0.235. The second-order valence-electron chi connectivity index (χ2n) is 5.78. The van der Waals surface area contributed by atoms with E-state index in [-0.39, 0.29) is 12.3 Å². The average Bonchev–Trinajstić information content (AvgIpc) is 3.05. The number of nitrogens with one attached hydrogen (secondary N) is 1. The van der Waals surface area contributed by atoms with Gasteiger partial charge in [-0.25, -0.2) is 4.79 Å². The highest BCUT2D eigenvalue weighted by Gasteiger charge is 2.50. The molecule has 2 aromatic rings. The van der Waals surface area contributed by atoms with Crippen LogP contribution in [0.3, 0.4) is 0 Å². The number of carbonyl (C=O) groups is 3. The summed E-state index contributed by atoms with van der Waals surface area (Å²) >= 11 is 4.58. The normalized spacial score (nSPS) is 20.4. The van der Waals surface area contributed by atoms with Gasteiger partial charge in [-0.3, -0.25) is 14.5 Å². The number of hydrogen-bond donors (Lipinski definition) is 1. The summed E-state index contributed by atoms with van der Waals surface area (Å²) < 4.78 is 0.672. The maximum Gasteiger partial charge on any atom is 0.325 e. The van der Waals surface area contributed by atoms with Gasteiger partial charge in [-0.15, -0.1) is 11.3 Å². The number of amides is 3. The molecule has 0 radical (unpaired) electrons. The van der Waals surface area contributed by atoms with Crippen LogP contribution in [0.25, 0.3) is 0 Å². The lowest BCUT2D eigenvalue weighted by Crippen LogP contribution is -2.42. The summed E-state index contributed by atoms with van der Waals surface area (Å²) in [4.78, 5) is 39.1. The van der Waals surface area contributed by atoms with E-state index in [9.17, 15) is 14.4 Å². The van der Waals surface area contributed by atoms with Gasteiger partial charge in [0.2, 0.25) is 0 Å². The Morgan fingerprint density at radius 3 is 2.62 bits per heavy atom. The zero-order valence-electron chi connectivity index (χ0n) is 13.1. The standard InChI is InChI=1S/C17H15BrN2O3S/c1-10-5-3-4-6-11(10)17(2)15(22)20(16(23)19-17)9-13(21)14-12(18)7-8-24-14/h3-8H,9H2,1-2H3,(H,19,23). The molecule has 5 nitrogen and oxygen atoms in total. The molecule has 1 saturated heterocycles. The number of nitrogens with zero attached hydrogens (tertiary/aromatic N) is 1. The molecule has 3 amide bonds. The van der Waals surface area contributed by atoms with Gasteiger partial charge in [0.1, 0.15) is 5.54 Å². The number of thiophene rings is 1. The number of halogens is 1. The summed E-state index contributed by atoms with van der Waals surface area (Å²) in [6.45, 7) is 3.28. The van der Waals surface area contributed by atoms with Crippen LogP contribution in [0.5, 0.6) is 0 Å². The minimum Gasteiger partial charge on any atom is -0.319 e. The van der Waals surface area contributed by atoms with Crippen LogP contribution in [0.4, 0.5) is 4.79 Å². The molecular formula is C17H15BrN2O3S. The highest BCUT2D eigenvalue weighted by atomic mass is 79.9. The van der Waals surface area contributed by atoms with Crippen molar-refractivity contribution >= 4 is 45.0 Å². The average molecular weight is 407 g/mol. The van der Waals surface area contributed by atoms with E-state index in [0.717, 1.165) is 16.0 Å². The Labute approximate surface area is 151 Å². The number of Topliss-reactive ketones (excluding diaryl/α,β-unsaturated/α-hetero) is 1. The molecular weight excluding hydrogens is 392 g/mol. The molecule has 0 spiro atoms. The quantitative estimate of drug-likeness (QED) is 0.624. The van der Waals surface area contributed by atoms with Crippen molar-refractivity contribution in [1.29, 1.82) is 0 Å². The van der Waals surface area contributed by atoms with E-state index in [1.807, 2.05) is 31.2 Å². The van der Waals surface area contributed by atoms with Gasteiger partial charge in [0.25, 0.3) is 5.91 Å². The molecule has 0 bridgehead atoms. The van der Waals surface area contributed by atoms with Crippen LogP contribution in [0, 0.1) is 6.92 Å². The molecule has 7 heteroatoms. The Hall–Kier alpha value is -1.99. The molecule has 1 aromatic heterocycles. The minimum absolute atomic E-state index is 0.269. The van der Waals surface area contributed by atoms with Crippen LogP contribution in [0.15, 0.2) is 40.2 Å². The molecule has 1 fully saturated rings. The monoisotopic (exact) mass is 406 g/mol. The summed E-state index contributed by atoms with van der Waals surface area (Å²) in [5.74, 6) is -0.683. The largest absolute Gasteiger partial charge is 0.325 e. The van der Waals surface area contributed by atoms with E-state index < -0.39 is 17.5 Å². The van der Waals surface area contributed by atoms with Crippen LogP contribution in [0.2, 0.25) is 0 Å². The fourth-order valence-electron chi connectivity index (χ4n) is 2.87. The third-order valence-corrected chi connectivity index (χ3v) is 6.01. The van der Waals surface area contributed by atoms with Crippen molar-refractivity contribution < 1.29 is 14.4 Å². The fourth-order valence-corrected chi connectivity index (χ4v) is 4.39. The van der Waals surface area contributed by atoms with E-state index in [1.54, 1.807) is 18.4 Å². The topological polar surface area (TPSA) is 66.5 Å². The van der Waals surface area contributed by atoms with Crippen LogP contribution in [0.1, 0.15) is 27.7 Å². The number of benzene rings is 1. The molecule has 1 atom stereocenters. The van der Waals surface area contributed by atoms with E-state index in [4.69, 9.17) is 0 Å². The van der Waals surface area contributed by atoms with Crippen molar-refractivity contribution in [2.75, 3.05) is 6.54 Å². The molecule has 2 heterocycles. The Morgan fingerprint density at radius 1 is 1.29 bits per heavy atom. The van der Waals surface area contributed by atoms with E-state index in [1.165, 1.54) is 11.3 Å². The molecule has 1 aromatic carbocycles. The first-order valence-electron chi connectivity index (χ1n) is 7.31. The van der Waals surface area contributed by atoms with Crippen molar-refractivity contribution in [2.45, 2.75) is 19.4 Å². The second-order valence-corrected chi connectivity index (χ2v) is 7.55. The van der Waals surface area contributed by atoms with Crippen LogP contribution < -0.4 is 5.32 Å². The Morgan fingerprint density at radius 2 is 2.00 bits per heavy atom. The first kappa shape index (κ1) is 16.9. The van der Waals surface area contributed by atoms with Gasteiger partial charge in [-0.05, 0) is 52.4 Å². The van der Waals surface area contributed by atoms with Gasteiger partial charge in [-0.2, -0.15) is 0 Å². The van der Waals surface area contributed by atoms with Gasteiger partial charge < -0.3 is 5.32 Å². The Bertz CT molecular complexity index is 848. The predicted octanol–water partition coefficient (Wildman–Crippen LogP) is 3.47. The number of hydrogen-bond acceptors (Lipinski definition) is 4. The van der Waals surface area contributed by atoms with Crippen LogP contribution in [-0.4, -0.2) is 29.2 Å². The number of aryl methyl sites for hydroxylation is 1. The summed E-state index contributed by atoms with van der Waals surface area (Å²) in [5, 5.41) is 4.51. The van der Waals surface area contributed by atoms with E-state index in [0.29, 0.717) is 9.35 Å². The summed E-state index contributed by atoms with van der Waals surface area (Å²) in [5.41, 5.74) is 0.480. The summed E-state index contributed by atoms with van der Waals surface area (Å²) in [6, 6.07) is 8.61. The molecule has 0 saturated carbocycles. The summed E-state index contributed by atoms with van der Waals surface area (Å²) in [6.07, 6.45) is 0. The second kappa shape index (κ2) is 6.14. The first-order valence-corrected chi connectivity index (χ1v) is 8.98. The third kappa shape index (κ3) is 2.67. The molecule has 1 aliphatic heterocycles. The Kier molecular flexibility index (Phi) is 4.31. The predicted molar refractivity (Wildman–Crippen MR) is 95.1 cm³/mol.